The molecule has 0 bridgehead atoms. The van der Waals surface area contributed by atoms with Crippen LogP contribution in [0.3, 0.4) is 0 Å². The molecule has 0 amide bonds. The summed E-state index contributed by atoms with van der Waals surface area (Å²) in [6.07, 6.45) is -4.08. The predicted molar refractivity (Wildman–Crippen MR) is 69.3 cm³/mol. The highest BCUT2D eigenvalue weighted by Crippen LogP contribution is 2.40. The molecule has 0 atom stereocenters. The van der Waals surface area contributed by atoms with Crippen molar-refractivity contribution >= 4 is 12.6 Å². The van der Waals surface area contributed by atoms with Crippen LogP contribution in [0.1, 0.15) is 26.3 Å². The van der Waals surface area contributed by atoms with E-state index in [0.717, 1.165) is 12.1 Å². The van der Waals surface area contributed by atoms with Crippen LogP contribution in [0, 0.1) is 0 Å². The largest absolute Gasteiger partial charge is 0.507 e. The quantitative estimate of drug-likeness (QED) is 0.878. The molecular formula is C15H9F3O3. The number of hydrogen-bond acceptors (Lipinski definition) is 3. The molecule has 0 aliphatic carbocycles. The molecule has 0 unspecified atom stereocenters. The molecule has 3 nitrogen and oxygen atoms in total. The normalized spacial score (nSPS) is 11.2. The van der Waals surface area contributed by atoms with E-state index in [1.807, 2.05) is 0 Å². The number of carbonyl (C=O) groups excluding carboxylic acids is 2. The number of benzene rings is 2. The summed E-state index contributed by atoms with van der Waals surface area (Å²) < 4.78 is 38.6. The third-order valence-electron chi connectivity index (χ3n) is 2.93. The standard InChI is InChI=1S/C15H9F3O3/c16-15(17,18)13-6-11(5-12(8-20)14(13)21)10-3-1-2-9(4-10)7-19/h1-8,21H. The van der Waals surface area contributed by atoms with E-state index in [9.17, 15) is 27.9 Å². The number of halogens is 3. The van der Waals surface area contributed by atoms with Crippen molar-refractivity contribution in [1.29, 1.82) is 0 Å². The lowest BCUT2D eigenvalue weighted by Crippen LogP contribution is -2.07. The lowest BCUT2D eigenvalue weighted by Gasteiger charge is -2.13. The lowest BCUT2D eigenvalue weighted by atomic mass is 9.97. The van der Waals surface area contributed by atoms with Crippen molar-refractivity contribution in [3.05, 3.63) is 53.1 Å². The van der Waals surface area contributed by atoms with Gasteiger partial charge in [0.1, 0.15) is 12.0 Å². The van der Waals surface area contributed by atoms with Gasteiger partial charge in [-0.1, -0.05) is 18.2 Å². The molecule has 2 rings (SSSR count). The molecule has 0 fully saturated rings. The maximum atomic E-state index is 12.9. The first-order valence-electron chi connectivity index (χ1n) is 5.82. The summed E-state index contributed by atoms with van der Waals surface area (Å²) in [6, 6.07) is 7.80. The van der Waals surface area contributed by atoms with Crippen LogP contribution in [-0.4, -0.2) is 17.7 Å². The molecule has 21 heavy (non-hydrogen) atoms. The van der Waals surface area contributed by atoms with E-state index >= 15 is 0 Å². The molecule has 108 valence electrons. The molecule has 0 aliphatic rings. The van der Waals surface area contributed by atoms with Crippen LogP contribution >= 0.6 is 0 Å². The van der Waals surface area contributed by atoms with Crippen molar-refractivity contribution in [3.8, 4) is 16.9 Å². The van der Waals surface area contributed by atoms with Crippen LogP contribution in [0.2, 0.25) is 0 Å². The fourth-order valence-corrected chi connectivity index (χ4v) is 1.92. The van der Waals surface area contributed by atoms with Crippen LogP contribution in [0.5, 0.6) is 5.75 Å². The minimum Gasteiger partial charge on any atom is -0.507 e. The van der Waals surface area contributed by atoms with Gasteiger partial charge in [-0.05, 0) is 29.3 Å². The summed E-state index contributed by atoms with van der Waals surface area (Å²) in [5.74, 6) is -1.10. The van der Waals surface area contributed by atoms with Gasteiger partial charge in [-0.25, -0.2) is 0 Å². The van der Waals surface area contributed by atoms with Gasteiger partial charge >= 0.3 is 6.18 Å². The third-order valence-corrected chi connectivity index (χ3v) is 2.93. The van der Waals surface area contributed by atoms with Crippen molar-refractivity contribution in [2.75, 3.05) is 0 Å². The zero-order valence-electron chi connectivity index (χ0n) is 10.5. The highest BCUT2D eigenvalue weighted by Gasteiger charge is 2.35. The Hall–Kier alpha value is -2.63. The van der Waals surface area contributed by atoms with Gasteiger partial charge in [-0.15, -0.1) is 0 Å². The van der Waals surface area contributed by atoms with Gasteiger partial charge in [0.25, 0.3) is 0 Å². The second-order valence-electron chi connectivity index (χ2n) is 4.32. The van der Waals surface area contributed by atoms with Gasteiger partial charge in [0.05, 0.1) is 11.1 Å². The van der Waals surface area contributed by atoms with Crippen molar-refractivity contribution in [2.24, 2.45) is 0 Å². The monoisotopic (exact) mass is 294 g/mol. The van der Waals surface area contributed by atoms with Crippen LogP contribution in [0.25, 0.3) is 11.1 Å². The summed E-state index contributed by atoms with van der Waals surface area (Å²) in [5, 5.41) is 9.49. The van der Waals surface area contributed by atoms with Gasteiger partial charge in [0.15, 0.2) is 6.29 Å². The molecule has 0 radical (unpaired) electrons. The molecular weight excluding hydrogens is 285 g/mol. The minimum atomic E-state index is -4.79. The van der Waals surface area contributed by atoms with E-state index in [2.05, 4.69) is 0 Å². The molecule has 0 spiro atoms. The number of aldehydes is 2. The van der Waals surface area contributed by atoms with Gasteiger partial charge in [-0.3, -0.25) is 9.59 Å². The van der Waals surface area contributed by atoms with E-state index in [1.54, 1.807) is 0 Å². The van der Waals surface area contributed by atoms with E-state index in [1.165, 1.54) is 24.3 Å². The van der Waals surface area contributed by atoms with Crippen molar-refractivity contribution in [1.82, 2.24) is 0 Å². The van der Waals surface area contributed by atoms with Gasteiger partial charge < -0.3 is 5.11 Å². The van der Waals surface area contributed by atoms with Crippen molar-refractivity contribution in [2.45, 2.75) is 6.18 Å². The average Bonchev–Trinajstić information content (AvgIpc) is 2.46. The van der Waals surface area contributed by atoms with Gasteiger partial charge in [0, 0.05) is 5.56 Å². The topological polar surface area (TPSA) is 54.4 Å². The fraction of sp³-hybridized carbons (Fsp3) is 0.0667. The first-order chi connectivity index (χ1) is 9.86. The Balaban J connectivity index is 2.69. The molecule has 0 saturated heterocycles. The van der Waals surface area contributed by atoms with Crippen LogP contribution in [0.4, 0.5) is 13.2 Å². The number of aromatic hydroxyl groups is 1. The van der Waals surface area contributed by atoms with Gasteiger partial charge in [-0.2, -0.15) is 13.2 Å². The number of phenols is 1. The second-order valence-corrected chi connectivity index (χ2v) is 4.32. The van der Waals surface area contributed by atoms with Crippen LogP contribution in [-0.2, 0) is 6.18 Å². The molecule has 0 aliphatic heterocycles. The smallest absolute Gasteiger partial charge is 0.420 e. The Labute approximate surface area is 117 Å². The SMILES string of the molecule is O=Cc1cccc(-c2cc(C=O)c(O)c(C(F)(F)F)c2)c1. The highest BCUT2D eigenvalue weighted by molar-refractivity contribution is 5.85. The van der Waals surface area contributed by atoms with E-state index in [-0.39, 0.29) is 11.8 Å². The molecule has 6 heteroatoms. The number of hydrogen-bond donors (Lipinski definition) is 1. The summed E-state index contributed by atoms with van der Waals surface area (Å²) in [6.45, 7) is 0. The van der Waals surface area contributed by atoms with Crippen LogP contribution < -0.4 is 0 Å². The van der Waals surface area contributed by atoms with E-state index in [0.29, 0.717) is 17.4 Å². The Morgan fingerprint density at radius 1 is 0.952 bits per heavy atom. The Kier molecular flexibility index (Phi) is 3.80. The highest BCUT2D eigenvalue weighted by atomic mass is 19.4. The summed E-state index contributed by atoms with van der Waals surface area (Å²) in [7, 11) is 0. The zero-order valence-corrected chi connectivity index (χ0v) is 10.5. The Morgan fingerprint density at radius 2 is 1.67 bits per heavy atom. The molecule has 0 heterocycles. The molecule has 0 aromatic heterocycles. The maximum absolute atomic E-state index is 12.9. The zero-order chi connectivity index (χ0) is 15.6. The number of rotatable bonds is 3. The molecule has 0 saturated carbocycles. The predicted octanol–water partition coefficient (Wildman–Crippen LogP) is 3.70. The second kappa shape index (κ2) is 5.40. The Morgan fingerprint density at radius 3 is 2.24 bits per heavy atom. The Bertz CT molecular complexity index is 706. The van der Waals surface area contributed by atoms with Gasteiger partial charge in [0.2, 0.25) is 0 Å². The lowest BCUT2D eigenvalue weighted by molar-refractivity contribution is -0.138. The maximum Gasteiger partial charge on any atom is 0.420 e. The van der Waals surface area contributed by atoms with E-state index < -0.39 is 23.1 Å². The number of phenolic OH excluding ortho intramolecular Hbond substituents is 1. The summed E-state index contributed by atoms with van der Waals surface area (Å²) in [5.41, 5.74) is -1.03. The molecule has 2 aromatic carbocycles. The van der Waals surface area contributed by atoms with E-state index in [4.69, 9.17) is 0 Å². The average molecular weight is 294 g/mol. The minimum absolute atomic E-state index is 0.0888. The van der Waals surface area contributed by atoms with Crippen LogP contribution in [0.15, 0.2) is 36.4 Å². The molecule has 2 aromatic rings. The molecule has 1 N–H and O–H groups in total. The number of alkyl halides is 3. The first kappa shape index (κ1) is 14.8. The van der Waals surface area contributed by atoms with Crippen molar-refractivity contribution in [3.63, 3.8) is 0 Å². The third kappa shape index (κ3) is 2.94. The first-order valence-corrected chi connectivity index (χ1v) is 5.82. The number of carbonyl (C=O) groups is 2. The fourth-order valence-electron chi connectivity index (χ4n) is 1.92. The summed E-state index contributed by atoms with van der Waals surface area (Å²) in [4.78, 5) is 21.5. The van der Waals surface area contributed by atoms with Crippen molar-refractivity contribution < 1.29 is 27.9 Å². The summed E-state index contributed by atoms with van der Waals surface area (Å²) >= 11 is 0.